The van der Waals surface area contributed by atoms with Crippen LogP contribution in [-0.4, -0.2) is 14.5 Å². The van der Waals surface area contributed by atoms with Crippen molar-refractivity contribution in [1.29, 1.82) is 0 Å². The Morgan fingerprint density at radius 3 is 1.16 bits per heavy atom. The molecule has 0 aliphatic rings. The summed E-state index contributed by atoms with van der Waals surface area (Å²) in [5.74, 6) is 0.113. The molecule has 11 rings (SSSR count). The molecule has 0 fully saturated rings. The summed E-state index contributed by atoms with van der Waals surface area (Å²) in [6, 6.07) is 58.7. The highest BCUT2D eigenvalue weighted by atomic mass is 19.4. The molecule has 0 N–H and O–H groups in total. The molecule has 73 heavy (non-hydrogen) atoms. The van der Waals surface area contributed by atoms with Gasteiger partial charge in [0.05, 0.1) is 39.2 Å². The molecule has 358 valence electrons. The number of hydrogen-bond acceptors (Lipinski definition) is 2. The second-order valence-corrected chi connectivity index (χ2v) is 18.6. The topological polar surface area (TPSA) is 30.7 Å². The van der Waals surface area contributed by atoms with Crippen LogP contribution in [0.15, 0.2) is 200 Å². The first kappa shape index (κ1) is 46.8. The van der Waals surface area contributed by atoms with Crippen LogP contribution < -0.4 is 0 Å². The maximum absolute atomic E-state index is 15.6. The molecular formula is C64H45F6N3. The van der Waals surface area contributed by atoms with Crippen LogP contribution in [0.5, 0.6) is 0 Å². The Labute approximate surface area is 418 Å². The summed E-state index contributed by atoms with van der Waals surface area (Å²) in [7, 11) is 0. The number of rotatable bonds is 8. The van der Waals surface area contributed by atoms with Crippen LogP contribution in [0.3, 0.4) is 0 Å². The normalized spacial score (nSPS) is 12.0. The van der Waals surface area contributed by atoms with Crippen LogP contribution in [0.1, 0.15) is 33.4 Å². The molecule has 0 atom stereocenters. The number of halogens is 6. The van der Waals surface area contributed by atoms with Crippen molar-refractivity contribution >= 4 is 21.8 Å². The fourth-order valence-electron chi connectivity index (χ4n) is 10.3. The Bertz CT molecular complexity index is 3680. The van der Waals surface area contributed by atoms with Crippen LogP contribution in [0.4, 0.5) is 26.3 Å². The molecule has 0 bridgehead atoms. The summed E-state index contributed by atoms with van der Waals surface area (Å²) >= 11 is 0. The molecule has 0 saturated carbocycles. The van der Waals surface area contributed by atoms with E-state index in [2.05, 4.69) is 36.4 Å². The Balaban J connectivity index is 1.32. The third-order valence-electron chi connectivity index (χ3n) is 13.7. The number of alkyl halides is 6. The van der Waals surface area contributed by atoms with Crippen LogP contribution in [-0.2, 0) is 12.4 Å². The molecule has 0 unspecified atom stereocenters. The molecule has 11 aromatic rings. The van der Waals surface area contributed by atoms with Gasteiger partial charge in [-0.1, -0.05) is 157 Å². The summed E-state index contributed by atoms with van der Waals surface area (Å²) in [5.41, 5.74) is 9.86. The molecule has 2 aromatic heterocycles. The SMILES string of the molecule is Cc1ccc(-c2ccc3c(c2)c2cc(-c4ccc(C)cc4C)ccc2n3-c2c(-c3ccccc3C(F)(F)F)cc(-c3nc(-c4ccccc4)cc(-c4ccccc4)n3)cc2-c2ccccc2C(F)(F)F)c(C)c1. The van der Waals surface area contributed by atoms with Crippen molar-refractivity contribution in [3.8, 4) is 84.1 Å². The molecular weight excluding hydrogens is 925 g/mol. The Kier molecular flexibility index (Phi) is 11.7. The first-order valence-electron chi connectivity index (χ1n) is 23.9. The standard InChI is InChI=1S/C64H45F6N3/c1-38-23-27-47(40(3)31-38)44-25-29-59-51(33-44)52-34-45(48-28-24-39(2)32-41(48)4)26-30-60(52)73(59)61-53(49-19-11-13-21-55(49)63(65,66)67)35-46(36-54(61)50-20-12-14-22-56(50)64(68,69)70)62-71-57(42-15-7-5-8-16-42)37-58(72-62)43-17-9-6-10-18-43/h5-37H,1-4H3. The average Bonchev–Trinajstić information content (AvgIpc) is 3.71. The summed E-state index contributed by atoms with van der Waals surface area (Å²) in [6.45, 7) is 8.16. The highest BCUT2D eigenvalue weighted by Crippen LogP contribution is 2.50. The quantitative estimate of drug-likeness (QED) is 0.142. The van der Waals surface area contributed by atoms with Gasteiger partial charge in [-0.25, -0.2) is 9.97 Å². The van der Waals surface area contributed by atoms with E-state index in [0.717, 1.165) is 78.5 Å². The van der Waals surface area contributed by atoms with Crippen LogP contribution in [0.25, 0.3) is 106 Å². The molecule has 3 nitrogen and oxygen atoms in total. The monoisotopic (exact) mass is 969 g/mol. The molecule has 0 aliphatic heterocycles. The second kappa shape index (κ2) is 18.2. The summed E-state index contributed by atoms with van der Waals surface area (Å²) in [4.78, 5) is 10.1. The van der Waals surface area contributed by atoms with Gasteiger partial charge in [-0.2, -0.15) is 26.3 Å². The molecule has 0 radical (unpaired) electrons. The van der Waals surface area contributed by atoms with Gasteiger partial charge in [0.25, 0.3) is 0 Å². The van der Waals surface area contributed by atoms with E-state index in [4.69, 9.17) is 9.97 Å². The highest BCUT2D eigenvalue weighted by molar-refractivity contribution is 6.13. The zero-order chi connectivity index (χ0) is 50.8. The molecule has 9 heteroatoms. The zero-order valence-corrected chi connectivity index (χ0v) is 40.2. The van der Waals surface area contributed by atoms with E-state index in [-0.39, 0.29) is 39.3 Å². The lowest BCUT2D eigenvalue weighted by Crippen LogP contribution is -2.11. The van der Waals surface area contributed by atoms with Gasteiger partial charge in [0.2, 0.25) is 0 Å². The van der Waals surface area contributed by atoms with Gasteiger partial charge < -0.3 is 4.57 Å². The summed E-state index contributed by atoms with van der Waals surface area (Å²) in [6.07, 6.45) is -9.72. The minimum absolute atomic E-state index is 0.0306. The fraction of sp³-hybridized carbons (Fsp3) is 0.0938. The van der Waals surface area contributed by atoms with Crippen LogP contribution in [0.2, 0.25) is 0 Å². The van der Waals surface area contributed by atoms with Crippen molar-refractivity contribution in [1.82, 2.24) is 14.5 Å². The van der Waals surface area contributed by atoms with Crippen molar-refractivity contribution in [2.45, 2.75) is 40.0 Å². The van der Waals surface area contributed by atoms with E-state index < -0.39 is 23.5 Å². The maximum atomic E-state index is 15.6. The minimum atomic E-state index is -4.86. The van der Waals surface area contributed by atoms with Crippen LogP contribution >= 0.6 is 0 Å². The van der Waals surface area contributed by atoms with Crippen molar-refractivity contribution in [3.63, 3.8) is 0 Å². The first-order valence-corrected chi connectivity index (χ1v) is 23.9. The third-order valence-corrected chi connectivity index (χ3v) is 13.7. The van der Waals surface area contributed by atoms with Crippen LogP contribution in [0, 0.1) is 27.7 Å². The Morgan fingerprint density at radius 2 is 0.753 bits per heavy atom. The van der Waals surface area contributed by atoms with Gasteiger partial charge in [0.15, 0.2) is 5.82 Å². The average molecular weight is 970 g/mol. The predicted molar refractivity (Wildman–Crippen MR) is 283 cm³/mol. The first-order chi connectivity index (χ1) is 35.1. The van der Waals surface area contributed by atoms with E-state index in [1.165, 1.54) is 36.4 Å². The van der Waals surface area contributed by atoms with Crippen molar-refractivity contribution in [3.05, 3.63) is 234 Å². The second-order valence-electron chi connectivity index (χ2n) is 18.6. The number of fused-ring (bicyclic) bond motifs is 3. The van der Waals surface area contributed by atoms with Gasteiger partial charge in [-0.3, -0.25) is 0 Å². The van der Waals surface area contributed by atoms with Gasteiger partial charge >= 0.3 is 12.4 Å². The minimum Gasteiger partial charge on any atom is -0.308 e. The summed E-state index contributed by atoms with van der Waals surface area (Å²) in [5, 5.41) is 1.53. The van der Waals surface area contributed by atoms with Gasteiger partial charge in [-0.15, -0.1) is 0 Å². The van der Waals surface area contributed by atoms with E-state index in [9.17, 15) is 0 Å². The Hall–Kier alpha value is -8.56. The Morgan fingerprint density at radius 1 is 0.342 bits per heavy atom. The molecule has 9 aromatic carbocycles. The van der Waals surface area contributed by atoms with Gasteiger partial charge in [0, 0.05) is 38.6 Å². The molecule has 0 spiro atoms. The summed E-state index contributed by atoms with van der Waals surface area (Å²) < 4.78 is 95.5. The van der Waals surface area contributed by atoms with E-state index in [1.54, 1.807) is 12.1 Å². The van der Waals surface area contributed by atoms with Crippen molar-refractivity contribution in [2.75, 3.05) is 0 Å². The van der Waals surface area contributed by atoms with E-state index in [1.807, 2.05) is 135 Å². The third kappa shape index (κ3) is 8.75. The zero-order valence-electron chi connectivity index (χ0n) is 40.2. The van der Waals surface area contributed by atoms with E-state index in [0.29, 0.717) is 22.4 Å². The number of hydrogen-bond donors (Lipinski definition) is 0. The molecule has 2 heterocycles. The fourth-order valence-corrected chi connectivity index (χ4v) is 10.3. The number of benzene rings is 9. The lowest BCUT2D eigenvalue weighted by Gasteiger charge is -2.24. The maximum Gasteiger partial charge on any atom is 0.417 e. The van der Waals surface area contributed by atoms with Crippen molar-refractivity contribution in [2.24, 2.45) is 0 Å². The largest absolute Gasteiger partial charge is 0.417 e. The molecule has 0 saturated heterocycles. The molecule has 0 amide bonds. The lowest BCUT2D eigenvalue weighted by atomic mass is 9.88. The van der Waals surface area contributed by atoms with E-state index >= 15 is 26.3 Å². The van der Waals surface area contributed by atoms with Gasteiger partial charge in [-0.05, 0) is 127 Å². The van der Waals surface area contributed by atoms with Gasteiger partial charge in [0.1, 0.15) is 0 Å². The van der Waals surface area contributed by atoms with Crippen molar-refractivity contribution < 1.29 is 26.3 Å². The predicted octanol–water partition coefficient (Wildman–Crippen LogP) is 18.5. The number of aromatic nitrogens is 3. The smallest absolute Gasteiger partial charge is 0.308 e. The molecule has 0 aliphatic carbocycles. The number of nitrogens with zero attached hydrogens (tertiary/aromatic N) is 3. The number of aryl methyl sites for hydroxylation is 4. The highest BCUT2D eigenvalue weighted by Gasteiger charge is 2.37. The lowest BCUT2D eigenvalue weighted by molar-refractivity contribution is -0.137.